The molecule has 2 rings (SSSR count). The van der Waals surface area contributed by atoms with Gasteiger partial charge < -0.3 is 75.7 Å². The minimum absolute atomic E-state index is 0.0229. The van der Waals surface area contributed by atoms with E-state index in [4.69, 9.17) is 22.9 Å². The van der Waals surface area contributed by atoms with Gasteiger partial charge in [0.15, 0.2) is 0 Å². The van der Waals surface area contributed by atoms with E-state index in [9.17, 15) is 48.6 Å². The van der Waals surface area contributed by atoms with Crippen molar-refractivity contribution in [2.45, 2.75) is 185 Å². The average Bonchev–Trinajstić information content (AvgIpc) is 3.33. The van der Waals surface area contributed by atoms with Crippen LogP contribution in [0.25, 0.3) is 0 Å². The van der Waals surface area contributed by atoms with Crippen LogP contribution in [0.1, 0.15) is 124 Å². The van der Waals surface area contributed by atoms with Crippen molar-refractivity contribution in [3.63, 3.8) is 0 Å². The second kappa shape index (κ2) is 35.0. The summed E-state index contributed by atoms with van der Waals surface area (Å²) in [5, 5.41) is 46.4. The molecule has 1 unspecified atom stereocenters. The number of nitrogens with one attached hydrogen (secondary N) is 9. The Bertz CT molecular complexity index is 1860. The monoisotopic (exact) mass is 1030 g/mol. The third-order valence-corrected chi connectivity index (χ3v) is 12.3. The van der Waals surface area contributed by atoms with Crippen molar-refractivity contribution in [2.75, 3.05) is 32.7 Å². The Balaban J connectivity index is 2.65. The number of carbonyl (C=O) groups excluding carboxylic acids is 8. The van der Waals surface area contributed by atoms with Gasteiger partial charge in [0, 0.05) is 19.5 Å². The van der Waals surface area contributed by atoms with Gasteiger partial charge in [0.25, 0.3) is 0 Å². The molecule has 0 radical (unpaired) electrons. The highest BCUT2D eigenvalue weighted by Gasteiger charge is 2.35. The Morgan fingerprint density at radius 1 is 0.658 bits per heavy atom. The van der Waals surface area contributed by atoms with Crippen LogP contribution in [0.2, 0.25) is 0 Å². The van der Waals surface area contributed by atoms with Crippen LogP contribution in [-0.4, -0.2) is 151 Å². The van der Waals surface area contributed by atoms with Crippen LogP contribution in [0.5, 0.6) is 0 Å². The van der Waals surface area contributed by atoms with E-state index in [0.29, 0.717) is 12.0 Å². The van der Waals surface area contributed by atoms with Gasteiger partial charge in [0.1, 0.15) is 48.5 Å². The van der Waals surface area contributed by atoms with Gasteiger partial charge in [-0.3, -0.25) is 43.7 Å². The maximum atomic E-state index is 14.3. The second-order valence-corrected chi connectivity index (χ2v) is 19.8. The summed E-state index contributed by atoms with van der Waals surface area (Å²) in [4.78, 5) is 112. The Morgan fingerprint density at radius 2 is 1.15 bits per heavy atom. The summed E-state index contributed by atoms with van der Waals surface area (Å²) in [6.07, 6.45) is 2.40. The van der Waals surface area contributed by atoms with Crippen molar-refractivity contribution in [1.29, 1.82) is 0 Å². The number of carbonyl (C=O) groups is 8. The predicted molar refractivity (Wildman–Crippen MR) is 277 cm³/mol. The van der Waals surface area contributed by atoms with Crippen molar-refractivity contribution in [2.24, 2.45) is 34.8 Å². The Hall–Kier alpha value is -5.30. The highest BCUT2D eigenvalue weighted by atomic mass is 16.3. The topological polar surface area (TPSA) is 389 Å². The first-order valence-corrected chi connectivity index (χ1v) is 26.1. The first-order valence-electron chi connectivity index (χ1n) is 26.1. The SMILES string of the molecule is CCCCCCC[C@@H](O)CC(=O)N[C@H](CN)C(=O)N[C@H]1CCNC(O)[C@H](CC(C)C)NC(=O)[C@H](CCN)NC(=O)[C@H](CCN)NC(=O)[C@H](CC(C)C)NC(=O)[C@@H](Cc2ccccc2)NC(=O)[C@H](CCN)NC1=O. The highest BCUT2D eigenvalue weighted by Crippen LogP contribution is 2.13. The average molecular weight is 1030 g/mol. The quantitative estimate of drug-likeness (QED) is 0.0481. The summed E-state index contributed by atoms with van der Waals surface area (Å²) < 4.78 is 0. The van der Waals surface area contributed by atoms with Crippen LogP contribution in [-0.2, 0) is 44.8 Å². The molecule has 1 heterocycles. The molecular weight excluding hydrogens is 943 g/mol. The summed E-state index contributed by atoms with van der Waals surface area (Å²) in [7, 11) is 0. The molecule has 23 heteroatoms. The molecule has 1 saturated heterocycles. The van der Waals surface area contributed by atoms with E-state index < -0.39 is 108 Å². The molecule has 1 aromatic carbocycles. The summed E-state index contributed by atoms with van der Waals surface area (Å²) in [6.45, 7) is 8.78. The molecule has 1 aliphatic rings. The van der Waals surface area contributed by atoms with E-state index in [2.05, 4.69) is 54.8 Å². The Morgan fingerprint density at radius 3 is 1.68 bits per heavy atom. The number of rotatable bonds is 24. The summed E-state index contributed by atoms with van der Waals surface area (Å²) in [5.41, 5.74) is 24.3. The van der Waals surface area contributed by atoms with Crippen molar-refractivity contribution in [1.82, 2.24) is 47.9 Å². The van der Waals surface area contributed by atoms with E-state index >= 15 is 0 Å². The smallest absolute Gasteiger partial charge is 0.244 e. The van der Waals surface area contributed by atoms with Crippen LogP contribution in [0, 0.1) is 11.8 Å². The molecule has 0 aliphatic carbocycles. The number of benzene rings is 1. The van der Waals surface area contributed by atoms with Gasteiger partial charge in [-0.2, -0.15) is 0 Å². The molecule has 8 amide bonds. The van der Waals surface area contributed by atoms with E-state index in [1.807, 2.05) is 27.7 Å². The van der Waals surface area contributed by atoms with E-state index in [1.165, 1.54) is 0 Å². The molecule has 0 bridgehead atoms. The maximum absolute atomic E-state index is 14.3. The molecular formula is C50H89N13O10. The van der Waals surface area contributed by atoms with Crippen LogP contribution >= 0.6 is 0 Å². The number of nitrogens with two attached hydrogens (primary N) is 4. The fraction of sp³-hybridized carbons (Fsp3) is 0.720. The van der Waals surface area contributed by atoms with Gasteiger partial charge in [0.05, 0.1) is 18.6 Å². The molecule has 23 nitrogen and oxygen atoms in total. The Kier molecular flexibility index (Phi) is 30.6. The summed E-state index contributed by atoms with van der Waals surface area (Å²) in [6, 6.07) is -1.35. The lowest BCUT2D eigenvalue weighted by atomic mass is 10.00. The molecule has 1 fully saturated rings. The van der Waals surface area contributed by atoms with E-state index in [1.54, 1.807) is 30.3 Å². The first-order chi connectivity index (χ1) is 34.8. The summed E-state index contributed by atoms with van der Waals surface area (Å²) >= 11 is 0. The highest BCUT2D eigenvalue weighted by molar-refractivity contribution is 5.97. The molecule has 414 valence electrons. The van der Waals surface area contributed by atoms with E-state index in [0.717, 1.165) is 32.1 Å². The van der Waals surface area contributed by atoms with Gasteiger partial charge >= 0.3 is 0 Å². The van der Waals surface area contributed by atoms with Gasteiger partial charge in [0.2, 0.25) is 47.3 Å². The number of unbranched alkanes of at least 4 members (excludes halogenated alkanes) is 4. The zero-order valence-electron chi connectivity index (χ0n) is 43.7. The minimum atomic E-state index is -1.44. The van der Waals surface area contributed by atoms with Gasteiger partial charge in [-0.1, -0.05) is 97.1 Å². The normalized spacial score (nSPS) is 24.3. The molecule has 0 saturated carbocycles. The number of aliphatic hydroxyl groups is 2. The standard InChI is InChI=1S/C50H89N13O10/c1-6-7-8-9-13-16-33(64)28-42(65)56-41(29-54)50(73)60-37-20-24-55-43(66)38(25-30(2)3)61-45(68)35(18-22-52)57-44(67)34(17-21-51)59-48(71)39(26-31(4)5)62-49(72)40(27-32-14-11-10-12-15-32)63-46(69)36(19-23-53)58-47(37)70/h10-12,14-15,30-31,33-41,43,55,64,66H,6-9,13,16-29,51-54H2,1-5H3,(H,56,65)(H,57,67)(H,58,70)(H,59,71)(H,60,73)(H,61,68)(H,62,72)(H,63,69)/t33-,34+,35+,36+,37+,38+,39+,40-,41-,43?/m1/s1. The largest absolute Gasteiger partial charge is 0.393 e. The Labute approximate surface area is 431 Å². The van der Waals surface area contributed by atoms with Gasteiger partial charge in [-0.15, -0.1) is 0 Å². The number of amides is 8. The van der Waals surface area contributed by atoms with E-state index in [-0.39, 0.29) is 95.9 Å². The fourth-order valence-electron chi connectivity index (χ4n) is 8.33. The van der Waals surface area contributed by atoms with Crippen molar-refractivity contribution >= 4 is 47.3 Å². The van der Waals surface area contributed by atoms with Crippen LogP contribution in [0.4, 0.5) is 0 Å². The summed E-state index contributed by atoms with van der Waals surface area (Å²) in [5.74, 6) is -6.30. The lowest BCUT2D eigenvalue weighted by Crippen LogP contribution is -2.61. The van der Waals surface area contributed by atoms with Crippen LogP contribution in [0.3, 0.4) is 0 Å². The lowest BCUT2D eigenvalue weighted by molar-refractivity contribution is -0.136. The first kappa shape index (κ1) is 63.8. The molecule has 0 spiro atoms. The number of aliphatic hydroxyl groups excluding tert-OH is 2. The lowest BCUT2D eigenvalue weighted by Gasteiger charge is -2.30. The molecule has 73 heavy (non-hydrogen) atoms. The molecule has 19 N–H and O–H groups in total. The molecule has 1 aliphatic heterocycles. The molecule has 1 aromatic rings. The zero-order chi connectivity index (χ0) is 54.5. The second-order valence-electron chi connectivity index (χ2n) is 19.8. The van der Waals surface area contributed by atoms with Gasteiger partial charge in [-0.05, 0) is 82.0 Å². The minimum Gasteiger partial charge on any atom is -0.393 e. The van der Waals surface area contributed by atoms with Crippen LogP contribution < -0.4 is 70.8 Å². The fourth-order valence-corrected chi connectivity index (χ4v) is 8.33. The van der Waals surface area contributed by atoms with Crippen molar-refractivity contribution in [3.05, 3.63) is 35.9 Å². The molecule has 10 atom stereocenters. The molecule has 0 aromatic heterocycles. The van der Waals surface area contributed by atoms with Crippen LogP contribution in [0.15, 0.2) is 30.3 Å². The third kappa shape index (κ3) is 24.5. The predicted octanol–water partition coefficient (Wildman–Crippen LogP) is -2.37. The number of hydrogen-bond donors (Lipinski definition) is 15. The zero-order valence-corrected chi connectivity index (χ0v) is 43.7. The number of hydrogen-bond acceptors (Lipinski definition) is 15. The van der Waals surface area contributed by atoms with Gasteiger partial charge in [-0.25, -0.2) is 0 Å². The van der Waals surface area contributed by atoms with Crippen molar-refractivity contribution in [3.8, 4) is 0 Å². The van der Waals surface area contributed by atoms with Crippen molar-refractivity contribution < 1.29 is 48.6 Å². The maximum Gasteiger partial charge on any atom is 0.244 e. The third-order valence-electron chi connectivity index (χ3n) is 12.3.